The third kappa shape index (κ3) is 7.56. The fraction of sp³-hybridized carbons (Fsp3) is 0.467. The molecule has 0 aromatic heterocycles. The monoisotopic (exact) mass is 345 g/mol. The standard InChI is InChI=1S/C15H20ClNO4S/c1-2-22-10-8-13(15(19)20)17-14(18)7-9-21-12-5-3-11(16)4-6-12/h3-6,13H,2,7-10H2,1H3,(H,17,18)(H,19,20). The largest absolute Gasteiger partial charge is 0.493 e. The molecule has 0 radical (unpaired) electrons. The fourth-order valence-corrected chi connectivity index (χ4v) is 2.48. The molecule has 0 heterocycles. The van der Waals surface area contributed by atoms with Gasteiger partial charge in [-0.2, -0.15) is 11.8 Å². The summed E-state index contributed by atoms with van der Waals surface area (Å²) in [6.07, 6.45) is 0.519. The number of hydrogen-bond donors (Lipinski definition) is 2. The fourth-order valence-electron chi connectivity index (χ4n) is 1.66. The Hall–Kier alpha value is -1.40. The summed E-state index contributed by atoms with van der Waals surface area (Å²) in [7, 11) is 0. The van der Waals surface area contributed by atoms with Crippen molar-refractivity contribution in [1.82, 2.24) is 5.32 Å². The predicted molar refractivity (Wildman–Crippen MR) is 88.7 cm³/mol. The van der Waals surface area contributed by atoms with Gasteiger partial charge in [-0.1, -0.05) is 18.5 Å². The Kier molecular flexibility index (Phi) is 8.77. The molecule has 1 unspecified atom stereocenters. The lowest BCUT2D eigenvalue weighted by atomic mass is 10.2. The van der Waals surface area contributed by atoms with Crippen molar-refractivity contribution in [2.45, 2.75) is 25.8 Å². The van der Waals surface area contributed by atoms with Crippen molar-refractivity contribution in [3.05, 3.63) is 29.3 Å². The molecule has 0 spiro atoms. The normalized spacial score (nSPS) is 11.7. The summed E-state index contributed by atoms with van der Waals surface area (Å²) >= 11 is 7.41. The summed E-state index contributed by atoms with van der Waals surface area (Å²) < 4.78 is 5.40. The summed E-state index contributed by atoms with van der Waals surface area (Å²) in [5.41, 5.74) is 0. The lowest BCUT2D eigenvalue weighted by Gasteiger charge is -2.14. The Labute approximate surface area is 139 Å². The van der Waals surface area contributed by atoms with E-state index in [1.807, 2.05) is 6.92 Å². The zero-order chi connectivity index (χ0) is 16.4. The minimum absolute atomic E-state index is 0.104. The van der Waals surface area contributed by atoms with Gasteiger partial charge in [-0.05, 0) is 42.2 Å². The van der Waals surface area contributed by atoms with Crippen molar-refractivity contribution in [2.24, 2.45) is 0 Å². The van der Waals surface area contributed by atoms with E-state index in [1.165, 1.54) is 0 Å². The first-order chi connectivity index (χ1) is 10.5. The molecule has 1 amide bonds. The number of carbonyl (C=O) groups excluding carboxylic acids is 1. The first-order valence-corrected chi connectivity index (χ1v) is 8.54. The quantitative estimate of drug-likeness (QED) is 0.638. The van der Waals surface area contributed by atoms with Gasteiger partial charge in [0.15, 0.2) is 0 Å². The van der Waals surface area contributed by atoms with Crippen molar-refractivity contribution in [1.29, 1.82) is 0 Å². The maximum absolute atomic E-state index is 11.8. The highest BCUT2D eigenvalue weighted by Crippen LogP contribution is 2.15. The van der Waals surface area contributed by atoms with Crippen molar-refractivity contribution in [3.63, 3.8) is 0 Å². The van der Waals surface area contributed by atoms with E-state index in [0.29, 0.717) is 22.9 Å². The molecule has 0 aliphatic heterocycles. The Morgan fingerprint density at radius 1 is 1.36 bits per heavy atom. The number of carboxylic acids is 1. The Morgan fingerprint density at radius 2 is 2.05 bits per heavy atom. The second kappa shape index (κ2) is 10.3. The molecule has 0 saturated heterocycles. The molecule has 0 aliphatic carbocycles. The first-order valence-electron chi connectivity index (χ1n) is 7.01. The number of rotatable bonds is 10. The van der Waals surface area contributed by atoms with Crippen LogP contribution in [0.1, 0.15) is 19.8 Å². The number of benzene rings is 1. The number of nitrogens with one attached hydrogen (secondary N) is 1. The third-order valence-corrected chi connectivity index (χ3v) is 3.98. The van der Waals surface area contributed by atoms with Crippen molar-refractivity contribution in [2.75, 3.05) is 18.1 Å². The van der Waals surface area contributed by atoms with Crippen LogP contribution in [0.3, 0.4) is 0 Å². The number of carboxylic acid groups (broad SMARTS) is 1. The highest BCUT2D eigenvalue weighted by atomic mass is 35.5. The molecule has 22 heavy (non-hydrogen) atoms. The molecule has 0 bridgehead atoms. The van der Waals surface area contributed by atoms with Gasteiger partial charge in [0, 0.05) is 5.02 Å². The summed E-state index contributed by atoms with van der Waals surface area (Å²) in [4.78, 5) is 22.8. The van der Waals surface area contributed by atoms with Gasteiger partial charge in [0.1, 0.15) is 11.8 Å². The number of thioether (sulfide) groups is 1. The minimum atomic E-state index is -1.01. The number of amides is 1. The van der Waals surface area contributed by atoms with Gasteiger partial charge in [-0.25, -0.2) is 4.79 Å². The first kappa shape index (κ1) is 18.6. The van der Waals surface area contributed by atoms with E-state index in [0.717, 1.165) is 5.75 Å². The molecule has 0 saturated carbocycles. The van der Waals surface area contributed by atoms with Crippen LogP contribution in [0, 0.1) is 0 Å². The van der Waals surface area contributed by atoms with Gasteiger partial charge in [-0.3, -0.25) is 4.79 Å². The molecule has 1 aromatic carbocycles. The van der Waals surface area contributed by atoms with E-state index < -0.39 is 12.0 Å². The molecule has 1 aromatic rings. The molecular formula is C15H20ClNO4S. The average Bonchev–Trinajstić information content (AvgIpc) is 2.48. The van der Waals surface area contributed by atoms with E-state index in [-0.39, 0.29) is 18.9 Å². The predicted octanol–water partition coefficient (Wildman–Crippen LogP) is 2.82. The molecule has 1 atom stereocenters. The van der Waals surface area contributed by atoms with Crippen LogP contribution in [0.2, 0.25) is 5.02 Å². The molecule has 122 valence electrons. The van der Waals surface area contributed by atoms with Gasteiger partial charge in [-0.15, -0.1) is 0 Å². The van der Waals surface area contributed by atoms with Crippen molar-refractivity contribution < 1.29 is 19.4 Å². The lowest BCUT2D eigenvalue weighted by molar-refractivity contribution is -0.141. The van der Waals surface area contributed by atoms with Gasteiger partial charge < -0.3 is 15.2 Å². The molecular weight excluding hydrogens is 326 g/mol. The number of ether oxygens (including phenoxy) is 1. The number of halogens is 1. The van der Waals surface area contributed by atoms with E-state index in [1.54, 1.807) is 36.0 Å². The van der Waals surface area contributed by atoms with Gasteiger partial charge in [0.05, 0.1) is 13.0 Å². The molecule has 5 nitrogen and oxygen atoms in total. The molecule has 2 N–H and O–H groups in total. The van der Waals surface area contributed by atoms with Gasteiger partial charge in [0.2, 0.25) is 5.91 Å². The topological polar surface area (TPSA) is 75.6 Å². The molecule has 1 rings (SSSR count). The molecule has 0 aliphatic rings. The third-order valence-electron chi connectivity index (χ3n) is 2.80. The van der Waals surface area contributed by atoms with E-state index in [2.05, 4.69) is 5.32 Å². The summed E-state index contributed by atoms with van der Waals surface area (Å²) in [6, 6.07) is 5.97. The maximum atomic E-state index is 11.8. The zero-order valence-electron chi connectivity index (χ0n) is 12.4. The van der Waals surface area contributed by atoms with Crippen LogP contribution in [0.4, 0.5) is 0 Å². The van der Waals surface area contributed by atoms with Crippen LogP contribution in [-0.2, 0) is 9.59 Å². The Balaban J connectivity index is 2.30. The van der Waals surface area contributed by atoms with Crippen molar-refractivity contribution >= 4 is 35.2 Å². The van der Waals surface area contributed by atoms with E-state index >= 15 is 0 Å². The lowest BCUT2D eigenvalue weighted by Crippen LogP contribution is -2.41. The SMILES string of the molecule is CCSCCC(NC(=O)CCOc1ccc(Cl)cc1)C(=O)O. The number of aliphatic carboxylic acids is 1. The van der Waals surface area contributed by atoms with Crippen LogP contribution in [-0.4, -0.2) is 41.1 Å². The Bertz CT molecular complexity index is 481. The van der Waals surface area contributed by atoms with Crippen molar-refractivity contribution in [3.8, 4) is 5.75 Å². The number of carbonyl (C=O) groups is 2. The molecule has 7 heteroatoms. The van der Waals surface area contributed by atoms with Crippen LogP contribution < -0.4 is 10.1 Å². The van der Waals surface area contributed by atoms with Gasteiger partial charge in [0.25, 0.3) is 0 Å². The average molecular weight is 346 g/mol. The highest BCUT2D eigenvalue weighted by molar-refractivity contribution is 7.99. The van der Waals surface area contributed by atoms with Crippen LogP contribution in [0.25, 0.3) is 0 Å². The van der Waals surface area contributed by atoms with Crippen LogP contribution in [0.15, 0.2) is 24.3 Å². The Morgan fingerprint density at radius 3 is 2.64 bits per heavy atom. The maximum Gasteiger partial charge on any atom is 0.326 e. The molecule has 0 fully saturated rings. The second-order valence-corrected chi connectivity index (χ2v) is 6.33. The van der Waals surface area contributed by atoms with Gasteiger partial charge >= 0.3 is 5.97 Å². The smallest absolute Gasteiger partial charge is 0.326 e. The summed E-state index contributed by atoms with van der Waals surface area (Å²) in [5.74, 6) is 0.905. The second-order valence-electron chi connectivity index (χ2n) is 4.50. The zero-order valence-corrected chi connectivity index (χ0v) is 14.0. The summed E-state index contributed by atoms with van der Waals surface area (Å²) in [6.45, 7) is 2.19. The van der Waals surface area contributed by atoms with E-state index in [4.69, 9.17) is 21.4 Å². The summed E-state index contributed by atoms with van der Waals surface area (Å²) in [5, 5.41) is 12.2. The van der Waals surface area contributed by atoms with Crippen LogP contribution in [0.5, 0.6) is 5.75 Å². The minimum Gasteiger partial charge on any atom is -0.493 e. The van der Waals surface area contributed by atoms with Crippen LogP contribution >= 0.6 is 23.4 Å². The van der Waals surface area contributed by atoms with E-state index in [9.17, 15) is 9.59 Å². The number of hydrogen-bond acceptors (Lipinski definition) is 4. The highest BCUT2D eigenvalue weighted by Gasteiger charge is 2.19.